The van der Waals surface area contributed by atoms with Gasteiger partial charge >= 0.3 is 12.2 Å². The molecule has 0 aromatic carbocycles. The normalized spacial score (nSPS) is 18.6. The lowest BCUT2D eigenvalue weighted by Crippen LogP contribution is -2.47. The van der Waals surface area contributed by atoms with Crippen molar-refractivity contribution < 1.29 is 19.1 Å². The summed E-state index contributed by atoms with van der Waals surface area (Å²) in [6.07, 6.45) is 2.22. The van der Waals surface area contributed by atoms with Crippen LogP contribution in [-0.2, 0) is 9.47 Å². The molecule has 2 heterocycles. The molecule has 2 aromatic rings. The zero-order valence-corrected chi connectivity index (χ0v) is 20.1. The lowest BCUT2D eigenvalue weighted by Gasteiger charge is -2.38. The maximum absolute atomic E-state index is 12.7. The molecule has 174 valence electrons. The van der Waals surface area contributed by atoms with Gasteiger partial charge in [0.1, 0.15) is 16.9 Å². The van der Waals surface area contributed by atoms with Crippen LogP contribution in [0.4, 0.5) is 9.59 Å². The van der Waals surface area contributed by atoms with Crippen LogP contribution in [0.2, 0.25) is 0 Å². The van der Waals surface area contributed by atoms with Crippen LogP contribution in [-0.4, -0.2) is 49.6 Å². The van der Waals surface area contributed by atoms with Crippen LogP contribution < -0.4 is 0 Å². The van der Waals surface area contributed by atoms with Crippen LogP contribution in [0, 0.1) is 12.8 Å². The van der Waals surface area contributed by atoms with Crippen molar-refractivity contribution in [3.63, 3.8) is 0 Å². The van der Waals surface area contributed by atoms with Gasteiger partial charge in [-0.05, 0) is 85.4 Å². The number of carbonyl (C=O) groups is 2. The SMILES string of the molecule is Cc1cccc(-c2ccn(C3CC(CN(C(=O)OC(C)(C)C)C(=O)OC(C)(C)C)C3)n2)n1. The molecule has 0 unspecified atom stereocenters. The van der Waals surface area contributed by atoms with Crippen molar-refractivity contribution >= 4 is 12.2 Å². The molecule has 0 N–H and O–H groups in total. The van der Waals surface area contributed by atoms with E-state index in [0.29, 0.717) is 0 Å². The summed E-state index contributed by atoms with van der Waals surface area (Å²) in [6.45, 7) is 12.9. The van der Waals surface area contributed by atoms with Crippen molar-refractivity contribution in [2.75, 3.05) is 6.54 Å². The summed E-state index contributed by atoms with van der Waals surface area (Å²) in [5.74, 6) is 0.157. The molecule has 0 atom stereocenters. The molecule has 1 aliphatic carbocycles. The van der Waals surface area contributed by atoms with Gasteiger partial charge in [0.25, 0.3) is 0 Å². The van der Waals surface area contributed by atoms with E-state index in [0.717, 1.165) is 34.8 Å². The first-order valence-electron chi connectivity index (χ1n) is 11.0. The average molecular weight is 443 g/mol. The maximum atomic E-state index is 12.7. The van der Waals surface area contributed by atoms with Crippen LogP contribution in [0.3, 0.4) is 0 Å². The molecular weight excluding hydrogens is 408 g/mol. The minimum absolute atomic E-state index is 0.157. The van der Waals surface area contributed by atoms with Crippen molar-refractivity contribution in [3.05, 3.63) is 36.2 Å². The summed E-state index contributed by atoms with van der Waals surface area (Å²) >= 11 is 0. The molecular formula is C24H34N4O4. The summed E-state index contributed by atoms with van der Waals surface area (Å²) in [5, 5.41) is 4.68. The van der Waals surface area contributed by atoms with E-state index in [-0.39, 0.29) is 18.5 Å². The Balaban J connectivity index is 1.63. The quantitative estimate of drug-likeness (QED) is 0.632. The average Bonchev–Trinajstić information content (AvgIpc) is 3.07. The number of hydrogen-bond donors (Lipinski definition) is 0. The summed E-state index contributed by atoms with van der Waals surface area (Å²) < 4.78 is 12.8. The third-order valence-electron chi connectivity index (χ3n) is 5.01. The van der Waals surface area contributed by atoms with E-state index in [4.69, 9.17) is 9.47 Å². The van der Waals surface area contributed by atoms with Crippen LogP contribution in [0.25, 0.3) is 11.4 Å². The highest BCUT2D eigenvalue weighted by atomic mass is 16.6. The number of imide groups is 1. The largest absolute Gasteiger partial charge is 0.443 e. The first kappa shape index (κ1) is 23.8. The summed E-state index contributed by atoms with van der Waals surface area (Å²) in [6, 6.07) is 8.06. The molecule has 3 rings (SSSR count). The molecule has 1 fully saturated rings. The first-order chi connectivity index (χ1) is 14.8. The van der Waals surface area contributed by atoms with E-state index in [1.54, 1.807) is 41.5 Å². The van der Waals surface area contributed by atoms with Crippen LogP contribution in [0.15, 0.2) is 30.5 Å². The Bertz CT molecular complexity index is 937. The van der Waals surface area contributed by atoms with Crippen LogP contribution in [0.1, 0.15) is 66.1 Å². The second-order valence-electron chi connectivity index (χ2n) is 10.4. The van der Waals surface area contributed by atoms with E-state index in [1.165, 1.54) is 0 Å². The van der Waals surface area contributed by atoms with Crippen LogP contribution in [0.5, 0.6) is 0 Å². The second kappa shape index (κ2) is 8.92. The Labute approximate surface area is 189 Å². The zero-order valence-electron chi connectivity index (χ0n) is 20.1. The molecule has 0 radical (unpaired) electrons. The van der Waals surface area contributed by atoms with Gasteiger partial charge < -0.3 is 9.47 Å². The van der Waals surface area contributed by atoms with Gasteiger partial charge in [0.05, 0.1) is 11.7 Å². The summed E-state index contributed by atoms with van der Waals surface area (Å²) in [4.78, 5) is 31.0. The molecule has 0 spiro atoms. The number of aromatic nitrogens is 3. The number of hydrogen-bond acceptors (Lipinski definition) is 6. The molecule has 2 amide bonds. The van der Waals surface area contributed by atoms with Gasteiger partial charge in [-0.3, -0.25) is 9.67 Å². The number of pyridine rings is 1. The fraction of sp³-hybridized carbons (Fsp3) is 0.583. The third kappa shape index (κ3) is 6.31. The number of carbonyl (C=O) groups excluding carboxylic acids is 2. The number of rotatable bonds is 4. The highest BCUT2D eigenvalue weighted by molar-refractivity contribution is 5.88. The van der Waals surface area contributed by atoms with Crippen molar-refractivity contribution in [1.82, 2.24) is 19.7 Å². The highest BCUT2D eigenvalue weighted by Crippen LogP contribution is 2.38. The Morgan fingerprint density at radius 1 is 1.00 bits per heavy atom. The monoisotopic (exact) mass is 442 g/mol. The maximum Gasteiger partial charge on any atom is 0.419 e. The standard InChI is InChI=1S/C24H34N4O4/c1-16-9-8-10-19(25-16)20-11-12-28(26-20)18-13-17(14-18)15-27(21(29)31-23(2,3)4)22(30)32-24(5,6)7/h8-12,17-18H,13-15H2,1-7H3. The summed E-state index contributed by atoms with van der Waals surface area (Å²) in [7, 11) is 0. The van der Waals surface area contributed by atoms with Crippen LogP contribution >= 0.6 is 0 Å². The van der Waals surface area contributed by atoms with Gasteiger partial charge in [0.15, 0.2) is 0 Å². The number of amides is 2. The second-order valence-corrected chi connectivity index (χ2v) is 10.4. The molecule has 1 saturated carbocycles. The fourth-order valence-electron chi connectivity index (χ4n) is 3.55. The van der Waals surface area contributed by atoms with Crippen molar-refractivity contribution in [1.29, 1.82) is 0 Å². The molecule has 2 aromatic heterocycles. The Kier molecular flexibility index (Phi) is 6.62. The van der Waals surface area contributed by atoms with Gasteiger partial charge in [0.2, 0.25) is 0 Å². The fourth-order valence-corrected chi connectivity index (χ4v) is 3.55. The minimum Gasteiger partial charge on any atom is -0.443 e. The molecule has 32 heavy (non-hydrogen) atoms. The van der Waals surface area contributed by atoms with Crippen molar-refractivity contribution in [3.8, 4) is 11.4 Å². The Hall–Kier alpha value is -2.90. The minimum atomic E-state index is -0.700. The molecule has 0 saturated heterocycles. The first-order valence-corrected chi connectivity index (χ1v) is 11.0. The zero-order chi connectivity index (χ0) is 23.7. The molecule has 1 aliphatic rings. The number of nitrogens with zero attached hydrogens (tertiary/aromatic N) is 4. The lowest BCUT2D eigenvalue weighted by atomic mass is 9.80. The molecule has 8 heteroatoms. The Morgan fingerprint density at radius 3 is 2.12 bits per heavy atom. The van der Waals surface area contributed by atoms with Gasteiger partial charge in [-0.1, -0.05) is 6.07 Å². The van der Waals surface area contributed by atoms with E-state index in [1.807, 2.05) is 42.1 Å². The predicted molar refractivity (Wildman–Crippen MR) is 121 cm³/mol. The number of ether oxygens (including phenoxy) is 2. The van der Waals surface area contributed by atoms with Gasteiger partial charge in [-0.25, -0.2) is 14.5 Å². The van der Waals surface area contributed by atoms with Gasteiger partial charge in [-0.15, -0.1) is 0 Å². The predicted octanol–water partition coefficient (Wildman–Crippen LogP) is 5.38. The Morgan fingerprint density at radius 2 is 1.59 bits per heavy atom. The number of aryl methyl sites for hydroxylation is 1. The highest BCUT2D eigenvalue weighted by Gasteiger charge is 2.38. The lowest BCUT2D eigenvalue weighted by molar-refractivity contribution is -0.00640. The van der Waals surface area contributed by atoms with Gasteiger partial charge in [0, 0.05) is 18.4 Å². The van der Waals surface area contributed by atoms with E-state index < -0.39 is 23.4 Å². The van der Waals surface area contributed by atoms with Crippen molar-refractivity contribution in [2.45, 2.75) is 78.6 Å². The summed E-state index contributed by atoms with van der Waals surface area (Å²) in [5.41, 5.74) is 1.23. The van der Waals surface area contributed by atoms with E-state index in [2.05, 4.69) is 10.1 Å². The van der Waals surface area contributed by atoms with E-state index in [9.17, 15) is 9.59 Å². The van der Waals surface area contributed by atoms with Crippen molar-refractivity contribution in [2.24, 2.45) is 5.92 Å². The molecule has 0 bridgehead atoms. The van der Waals surface area contributed by atoms with E-state index >= 15 is 0 Å². The molecule has 0 aliphatic heterocycles. The topological polar surface area (TPSA) is 86.5 Å². The smallest absolute Gasteiger partial charge is 0.419 e. The third-order valence-corrected chi connectivity index (χ3v) is 5.01. The molecule has 8 nitrogen and oxygen atoms in total. The van der Waals surface area contributed by atoms with Gasteiger partial charge in [-0.2, -0.15) is 5.10 Å².